The second-order valence-corrected chi connectivity index (χ2v) is 19.0. The molecule has 0 aliphatic carbocycles. The molecule has 6 rings (SSSR count). The number of unbranched alkanes of at least 4 members (excludes halogenated alkanes) is 2. The lowest BCUT2D eigenvalue weighted by molar-refractivity contribution is -0.230. The van der Waals surface area contributed by atoms with Gasteiger partial charge in [0.2, 0.25) is 11.6 Å². The minimum absolute atomic E-state index is 0.000833. The van der Waals surface area contributed by atoms with Crippen molar-refractivity contribution in [3.63, 3.8) is 0 Å². The monoisotopic (exact) mass is 1130 g/mol. The number of ketones is 2. The lowest BCUT2D eigenvalue weighted by atomic mass is 9.65. The fourth-order valence-corrected chi connectivity index (χ4v) is 8.41. The fraction of sp³-hybridized carbons (Fsp3) is 0.279. The zero-order valence-corrected chi connectivity index (χ0v) is 44.2. The Hall–Kier alpha value is -8.62. The number of hydrogen-bond donors (Lipinski definition) is 4. The molecule has 0 fully saturated rings. The number of aliphatic hydroxyl groups is 2. The molecule has 6 aromatic carbocycles. The van der Waals surface area contributed by atoms with Gasteiger partial charge in [-0.25, -0.2) is 9.59 Å². The number of ether oxygens (including phenoxy) is 6. The maximum atomic E-state index is 14.4. The van der Waals surface area contributed by atoms with E-state index >= 15 is 0 Å². The zero-order valence-electron chi connectivity index (χ0n) is 44.2. The molecule has 0 atom stereocenters. The Bertz CT molecular complexity index is 3090. The Labute approximate surface area is 463 Å². The first kappa shape index (κ1) is 61.6. The van der Waals surface area contributed by atoms with Gasteiger partial charge in [0.15, 0.2) is 28.8 Å². The molecule has 0 aromatic heterocycles. The second-order valence-electron chi connectivity index (χ2n) is 19.0. The third-order valence-corrected chi connectivity index (χ3v) is 12.7. The summed E-state index contributed by atoms with van der Waals surface area (Å²) in [6.07, 6.45) is -6.28. The molecule has 0 saturated heterocycles. The van der Waals surface area contributed by atoms with Crippen LogP contribution in [0.1, 0.15) is 87.9 Å². The van der Waals surface area contributed by atoms with Gasteiger partial charge in [-0.05, 0) is 170 Å². The van der Waals surface area contributed by atoms with Crippen LogP contribution in [0.4, 0.5) is 37.7 Å². The summed E-state index contributed by atoms with van der Waals surface area (Å²) >= 11 is 0. The Morgan fingerprint density at radius 2 is 0.901 bits per heavy atom. The molecule has 0 amide bonds. The lowest BCUT2D eigenvalue weighted by Crippen LogP contribution is -2.57. The number of esters is 2. The molecule has 0 heterocycles. The molecular weight excluding hydrogens is 1070 g/mol. The van der Waals surface area contributed by atoms with E-state index in [1.807, 2.05) is 0 Å². The maximum Gasteiger partial charge on any atom is 0.389 e. The predicted molar refractivity (Wildman–Crippen MR) is 291 cm³/mol. The molecular formula is C61H60F6N2O12. The fourth-order valence-electron chi connectivity index (χ4n) is 8.41. The number of anilines is 2. The number of methoxy groups -OCH3 is 2. The maximum absolute atomic E-state index is 14.4. The van der Waals surface area contributed by atoms with Gasteiger partial charge < -0.3 is 50.1 Å². The van der Waals surface area contributed by atoms with E-state index in [9.17, 15) is 55.7 Å². The van der Waals surface area contributed by atoms with Crippen LogP contribution >= 0.6 is 0 Å². The van der Waals surface area contributed by atoms with E-state index in [4.69, 9.17) is 39.9 Å². The van der Waals surface area contributed by atoms with Crippen molar-refractivity contribution in [3.05, 3.63) is 179 Å². The number of carbonyl (C=O) groups is 4. The third kappa shape index (κ3) is 18.7. The van der Waals surface area contributed by atoms with Crippen LogP contribution in [0.3, 0.4) is 0 Å². The Morgan fingerprint density at radius 3 is 1.28 bits per heavy atom. The number of alkyl halides is 6. The van der Waals surface area contributed by atoms with Gasteiger partial charge in [-0.15, -0.1) is 0 Å². The number of nitrogens with two attached hydrogens (primary N) is 2. The second kappa shape index (κ2) is 28.0. The van der Waals surface area contributed by atoms with Crippen molar-refractivity contribution in [1.82, 2.24) is 0 Å². The molecule has 428 valence electrons. The van der Waals surface area contributed by atoms with Crippen molar-refractivity contribution in [2.24, 2.45) is 5.41 Å². The SMILES string of the molecule is COc1cc(/C=C/C(=O)CC(Cc2ccc(N)cc2)(Cc2ccc(N)cc2)C(O)(O)C(=O)/C=C/c2ccc(OC(=O)c3ccc(OCCCCC(F)(F)F)cc3)c(OC)c2)ccc1OC(=O)c1ccc(OCCCCC(F)(F)F)cc1. The zero-order chi connectivity index (χ0) is 58.8. The first-order valence-corrected chi connectivity index (χ1v) is 25.4. The standard InChI is InChI=1S/C61H60F6N2O12/c1-76-53-35-40(12-28-51(53)80-56(72)44-15-24-49(25-16-44)78-33-5-3-31-59(62,63)64)11-23-48(70)39-58(37-42-7-19-46(68)20-8-42,38-43-9-21-47(69)22-10-43)61(74,75)55(71)30-14-41-13-29-52(54(36-41)77-2)81-57(73)45-17-26-50(27-18-45)79-34-6-4-32-60(65,66)67/h7-30,35-36,74-75H,3-6,31-34,37-39,68-69H2,1-2H3/b23-11+,30-14+. The van der Waals surface area contributed by atoms with Crippen molar-refractivity contribution < 1.29 is 84.2 Å². The number of benzene rings is 6. The highest BCUT2D eigenvalue weighted by Gasteiger charge is 2.54. The number of hydrogen-bond acceptors (Lipinski definition) is 14. The molecule has 81 heavy (non-hydrogen) atoms. The van der Waals surface area contributed by atoms with Gasteiger partial charge in [0.25, 0.3) is 0 Å². The average Bonchev–Trinajstić information content (AvgIpc) is 3.56. The summed E-state index contributed by atoms with van der Waals surface area (Å²) in [5.74, 6) is -5.67. The number of nitrogen functional groups attached to an aromatic ring is 2. The molecule has 6 aromatic rings. The number of allylic oxidation sites excluding steroid dienone is 1. The van der Waals surface area contributed by atoms with E-state index in [0.29, 0.717) is 45.1 Å². The first-order valence-electron chi connectivity index (χ1n) is 25.4. The van der Waals surface area contributed by atoms with Crippen LogP contribution < -0.4 is 39.9 Å². The lowest BCUT2D eigenvalue weighted by Gasteiger charge is -2.42. The summed E-state index contributed by atoms with van der Waals surface area (Å²) in [4.78, 5) is 54.9. The van der Waals surface area contributed by atoms with Crippen molar-refractivity contribution in [1.29, 1.82) is 0 Å². The largest absolute Gasteiger partial charge is 0.494 e. The summed E-state index contributed by atoms with van der Waals surface area (Å²) < 4.78 is 108. The van der Waals surface area contributed by atoms with Gasteiger partial charge in [0.05, 0.1) is 38.6 Å². The Balaban J connectivity index is 1.19. The van der Waals surface area contributed by atoms with Crippen LogP contribution in [0.15, 0.2) is 146 Å². The van der Waals surface area contributed by atoms with Gasteiger partial charge >= 0.3 is 24.3 Å². The topological polar surface area (TPSA) is 216 Å². The van der Waals surface area contributed by atoms with Gasteiger partial charge in [-0.1, -0.05) is 48.6 Å². The highest BCUT2D eigenvalue weighted by molar-refractivity contribution is 6.01. The summed E-state index contributed by atoms with van der Waals surface area (Å²) in [6.45, 7) is 0.114. The normalized spacial score (nSPS) is 12.1. The van der Waals surface area contributed by atoms with E-state index in [1.54, 1.807) is 54.6 Å². The van der Waals surface area contributed by atoms with Crippen LogP contribution in [0.2, 0.25) is 0 Å². The molecule has 0 unspecified atom stereocenters. The number of rotatable bonds is 28. The quantitative estimate of drug-likeness (QED) is 0.00684. The molecule has 0 spiro atoms. The van der Waals surface area contributed by atoms with Crippen LogP contribution in [0.25, 0.3) is 12.2 Å². The summed E-state index contributed by atoms with van der Waals surface area (Å²) in [6, 6.07) is 33.4. The van der Waals surface area contributed by atoms with Gasteiger partial charge in [-0.2, -0.15) is 26.3 Å². The average molecular weight is 1130 g/mol. The number of carbonyl (C=O) groups excluding carboxylic acids is 4. The van der Waals surface area contributed by atoms with Crippen LogP contribution in [-0.4, -0.2) is 79.3 Å². The third-order valence-electron chi connectivity index (χ3n) is 12.7. The molecule has 0 saturated carbocycles. The minimum Gasteiger partial charge on any atom is -0.494 e. The molecule has 20 heteroatoms. The van der Waals surface area contributed by atoms with E-state index in [-0.39, 0.29) is 85.9 Å². The van der Waals surface area contributed by atoms with Crippen molar-refractivity contribution in [2.75, 3.05) is 38.9 Å². The predicted octanol–water partition coefficient (Wildman–Crippen LogP) is 11.9. The van der Waals surface area contributed by atoms with Crippen molar-refractivity contribution >= 4 is 47.0 Å². The Morgan fingerprint density at radius 1 is 0.506 bits per heavy atom. The van der Waals surface area contributed by atoms with Crippen molar-refractivity contribution in [2.45, 2.75) is 75.9 Å². The minimum atomic E-state index is -4.25. The summed E-state index contributed by atoms with van der Waals surface area (Å²) in [7, 11) is 2.66. The highest BCUT2D eigenvalue weighted by Crippen LogP contribution is 2.43. The molecule has 0 radical (unpaired) electrons. The first-order chi connectivity index (χ1) is 38.4. The van der Waals surface area contributed by atoms with Gasteiger partial charge in [-0.3, -0.25) is 9.59 Å². The summed E-state index contributed by atoms with van der Waals surface area (Å²) in [5, 5.41) is 24.7. The van der Waals surface area contributed by atoms with Crippen LogP contribution in [0.5, 0.6) is 34.5 Å². The molecule has 14 nitrogen and oxygen atoms in total. The Kier molecular flexibility index (Phi) is 21.3. The van der Waals surface area contributed by atoms with Crippen molar-refractivity contribution in [3.8, 4) is 34.5 Å². The van der Waals surface area contributed by atoms with E-state index in [1.165, 1.54) is 111 Å². The smallest absolute Gasteiger partial charge is 0.389 e. The van der Waals surface area contributed by atoms with E-state index in [2.05, 4.69) is 0 Å². The molecule has 0 aliphatic rings. The van der Waals surface area contributed by atoms with E-state index < -0.39 is 66.3 Å². The van der Waals surface area contributed by atoms with Crippen LogP contribution in [-0.2, 0) is 22.4 Å². The molecule has 0 aliphatic heterocycles. The van der Waals surface area contributed by atoms with Crippen LogP contribution in [0, 0.1) is 5.41 Å². The van der Waals surface area contributed by atoms with E-state index in [0.717, 1.165) is 6.08 Å². The van der Waals surface area contributed by atoms with Gasteiger partial charge in [0.1, 0.15) is 11.5 Å². The summed E-state index contributed by atoms with van der Waals surface area (Å²) in [5.41, 5.74) is 12.9. The molecule has 6 N–H and O–H groups in total. The highest BCUT2D eigenvalue weighted by atomic mass is 19.4. The molecule has 0 bridgehead atoms. The van der Waals surface area contributed by atoms with Gasteiger partial charge in [0, 0.05) is 36.1 Å². The number of halogens is 6.